The number of thioether (sulfide) groups is 1. The number of ether oxygens (including phenoxy) is 2. The number of benzene rings is 2. The Kier molecular flexibility index (Phi) is 7.54. The molecule has 0 radical (unpaired) electrons. The average Bonchev–Trinajstić information content (AvgIpc) is 3.28. The highest BCUT2D eigenvalue weighted by atomic mass is 32.2. The molecule has 1 aliphatic carbocycles. The summed E-state index contributed by atoms with van der Waals surface area (Å²) in [6.07, 6.45) is 4.66. The monoisotopic (exact) mass is 466 g/mol. The number of nitrogens with zero attached hydrogens (tertiary/aromatic N) is 3. The Bertz CT molecular complexity index is 1090. The molecule has 2 atom stereocenters. The Morgan fingerprint density at radius 2 is 1.82 bits per heavy atom. The van der Waals surface area contributed by atoms with Crippen LogP contribution in [-0.2, 0) is 4.79 Å². The van der Waals surface area contributed by atoms with Crippen LogP contribution in [-0.4, -0.2) is 46.7 Å². The van der Waals surface area contributed by atoms with Gasteiger partial charge in [-0.3, -0.25) is 9.36 Å². The van der Waals surface area contributed by atoms with E-state index in [0.717, 1.165) is 17.7 Å². The first kappa shape index (κ1) is 23.2. The maximum absolute atomic E-state index is 12.7. The van der Waals surface area contributed by atoms with Gasteiger partial charge in [0.1, 0.15) is 0 Å². The van der Waals surface area contributed by atoms with Crippen LogP contribution in [0.15, 0.2) is 53.7 Å². The minimum atomic E-state index is 0.0361. The van der Waals surface area contributed by atoms with E-state index in [2.05, 4.69) is 22.4 Å². The number of methoxy groups -OCH3 is 2. The van der Waals surface area contributed by atoms with Gasteiger partial charge in [-0.2, -0.15) is 0 Å². The molecule has 1 fully saturated rings. The van der Waals surface area contributed by atoms with E-state index in [9.17, 15) is 4.79 Å². The third-order valence-electron chi connectivity index (χ3n) is 6.08. The maximum Gasteiger partial charge on any atom is 0.230 e. The molecule has 0 saturated heterocycles. The van der Waals surface area contributed by atoms with Crippen LogP contribution in [0.5, 0.6) is 11.5 Å². The first-order chi connectivity index (χ1) is 16.1. The Hall–Kier alpha value is -3.00. The largest absolute Gasteiger partial charge is 0.493 e. The molecule has 1 heterocycles. The van der Waals surface area contributed by atoms with Crippen LogP contribution < -0.4 is 14.8 Å². The van der Waals surface area contributed by atoms with E-state index in [-0.39, 0.29) is 11.9 Å². The molecule has 7 nitrogen and oxygen atoms in total. The molecule has 8 heteroatoms. The zero-order valence-corrected chi connectivity index (χ0v) is 20.1. The summed E-state index contributed by atoms with van der Waals surface area (Å²) in [5.74, 6) is 2.79. The van der Waals surface area contributed by atoms with Gasteiger partial charge in [0.25, 0.3) is 0 Å². The Balaban J connectivity index is 1.59. The maximum atomic E-state index is 12.7. The highest BCUT2D eigenvalue weighted by Gasteiger charge is 2.24. The van der Waals surface area contributed by atoms with Crippen molar-refractivity contribution in [3.05, 3.63) is 48.5 Å². The van der Waals surface area contributed by atoms with Crippen LogP contribution in [0, 0.1) is 5.92 Å². The molecule has 0 unspecified atom stereocenters. The smallest absolute Gasteiger partial charge is 0.230 e. The number of hydrogen-bond acceptors (Lipinski definition) is 6. The molecule has 0 aliphatic heterocycles. The molecular weight excluding hydrogens is 436 g/mol. The van der Waals surface area contributed by atoms with Crippen LogP contribution >= 0.6 is 11.8 Å². The second-order valence-electron chi connectivity index (χ2n) is 8.27. The van der Waals surface area contributed by atoms with E-state index in [1.54, 1.807) is 14.2 Å². The van der Waals surface area contributed by atoms with Gasteiger partial charge in [-0.05, 0) is 49.1 Å². The highest BCUT2D eigenvalue weighted by molar-refractivity contribution is 7.99. The second-order valence-corrected chi connectivity index (χ2v) is 9.21. The summed E-state index contributed by atoms with van der Waals surface area (Å²) in [6.45, 7) is 2.22. The zero-order chi connectivity index (χ0) is 23.2. The lowest BCUT2D eigenvalue weighted by molar-refractivity contribution is -0.119. The van der Waals surface area contributed by atoms with Crippen molar-refractivity contribution in [2.45, 2.75) is 43.8 Å². The highest BCUT2D eigenvalue weighted by Crippen LogP contribution is 2.34. The molecule has 3 aromatic rings. The molecule has 33 heavy (non-hydrogen) atoms. The van der Waals surface area contributed by atoms with Gasteiger partial charge in [-0.1, -0.05) is 49.7 Å². The zero-order valence-electron chi connectivity index (χ0n) is 19.3. The Labute approximate surface area is 198 Å². The van der Waals surface area contributed by atoms with Crippen molar-refractivity contribution in [3.63, 3.8) is 0 Å². The normalized spacial score (nSPS) is 18.0. The minimum Gasteiger partial charge on any atom is -0.493 e. The number of aromatic nitrogens is 3. The first-order valence-corrected chi connectivity index (χ1v) is 12.2. The van der Waals surface area contributed by atoms with Crippen molar-refractivity contribution < 1.29 is 14.3 Å². The topological polar surface area (TPSA) is 78.3 Å². The van der Waals surface area contributed by atoms with E-state index >= 15 is 0 Å². The third kappa shape index (κ3) is 5.33. The van der Waals surface area contributed by atoms with Crippen molar-refractivity contribution in [3.8, 4) is 28.6 Å². The standard InChI is InChI=1S/C25H30N4O3S/c1-17-9-7-8-12-20(17)26-23(30)16-33-25-28-27-24(29(25)19-10-5-4-6-11-19)18-13-14-21(31-2)22(15-18)32-3/h4-6,10-11,13-15,17,20H,7-9,12,16H2,1-3H3,(H,26,30)/t17-,20+/m0/s1. The fourth-order valence-corrected chi connectivity index (χ4v) is 5.01. The molecule has 0 spiro atoms. The number of carbonyl (C=O) groups excluding carboxylic acids is 1. The Morgan fingerprint density at radius 1 is 1.06 bits per heavy atom. The van der Waals surface area contributed by atoms with E-state index in [4.69, 9.17) is 9.47 Å². The molecule has 1 saturated carbocycles. The van der Waals surface area contributed by atoms with Gasteiger partial charge in [0.15, 0.2) is 22.5 Å². The van der Waals surface area contributed by atoms with Crippen molar-refractivity contribution in [1.29, 1.82) is 0 Å². The number of hydrogen-bond donors (Lipinski definition) is 1. The molecule has 4 rings (SSSR count). The number of para-hydroxylation sites is 1. The van der Waals surface area contributed by atoms with Gasteiger partial charge in [-0.15, -0.1) is 10.2 Å². The summed E-state index contributed by atoms with van der Waals surface area (Å²) in [7, 11) is 3.22. The third-order valence-corrected chi connectivity index (χ3v) is 7.01. The molecule has 1 N–H and O–H groups in total. The van der Waals surface area contributed by atoms with E-state index in [1.807, 2.05) is 53.1 Å². The van der Waals surface area contributed by atoms with E-state index < -0.39 is 0 Å². The molecule has 1 amide bonds. The van der Waals surface area contributed by atoms with Gasteiger partial charge in [0, 0.05) is 17.3 Å². The van der Waals surface area contributed by atoms with Gasteiger partial charge >= 0.3 is 0 Å². The number of carbonyl (C=O) groups is 1. The van der Waals surface area contributed by atoms with Crippen LogP contribution in [0.25, 0.3) is 17.1 Å². The Morgan fingerprint density at radius 3 is 2.55 bits per heavy atom. The van der Waals surface area contributed by atoms with Gasteiger partial charge in [0.05, 0.1) is 20.0 Å². The SMILES string of the molecule is COc1ccc(-c2nnc(SCC(=O)N[C@@H]3CCCC[C@@H]3C)n2-c2ccccc2)cc1OC. The predicted octanol–water partition coefficient (Wildman–Crippen LogP) is 4.74. The van der Waals surface area contributed by atoms with Gasteiger partial charge in [0.2, 0.25) is 5.91 Å². The molecule has 2 aromatic carbocycles. The number of amides is 1. The summed E-state index contributed by atoms with van der Waals surface area (Å²) >= 11 is 1.39. The van der Waals surface area contributed by atoms with Crippen LogP contribution in [0.2, 0.25) is 0 Å². The van der Waals surface area contributed by atoms with Gasteiger partial charge < -0.3 is 14.8 Å². The molecule has 1 aliphatic rings. The molecule has 174 valence electrons. The lowest BCUT2D eigenvalue weighted by Crippen LogP contribution is -2.41. The van der Waals surface area contributed by atoms with Crippen LogP contribution in [0.3, 0.4) is 0 Å². The van der Waals surface area contributed by atoms with Crippen LogP contribution in [0.4, 0.5) is 0 Å². The summed E-state index contributed by atoms with van der Waals surface area (Å²) in [5, 5.41) is 12.8. The predicted molar refractivity (Wildman–Crippen MR) is 130 cm³/mol. The average molecular weight is 467 g/mol. The van der Waals surface area contributed by atoms with Crippen molar-refractivity contribution >= 4 is 17.7 Å². The number of rotatable bonds is 8. The first-order valence-electron chi connectivity index (χ1n) is 11.3. The summed E-state index contributed by atoms with van der Waals surface area (Å²) in [4.78, 5) is 12.7. The van der Waals surface area contributed by atoms with Crippen molar-refractivity contribution in [1.82, 2.24) is 20.1 Å². The van der Waals surface area contributed by atoms with E-state index in [1.165, 1.54) is 31.0 Å². The van der Waals surface area contributed by atoms with Gasteiger partial charge in [-0.25, -0.2) is 0 Å². The second kappa shape index (κ2) is 10.7. The lowest BCUT2D eigenvalue weighted by atomic mass is 9.86. The molecule has 1 aromatic heterocycles. The molecular formula is C25H30N4O3S. The molecule has 0 bridgehead atoms. The fourth-order valence-electron chi connectivity index (χ4n) is 4.24. The minimum absolute atomic E-state index is 0.0361. The quantitative estimate of drug-likeness (QED) is 0.483. The summed E-state index contributed by atoms with van der Waals surface area (Å²) in [5.41, 5.74) is 1.77. The van der Waals surface area contributed by atoms with E-state index in [0.29, 0.717) is 34.2 Å². The summed E-state index contributed by atoms with van der Waals surface area (Å²) < 4.78 is 12.8. The summed E-state index contributed by atoms with van der Waals surface area (Å²) in [6, 6.07) is 15.8. The number of nitrogens with one attached hydrogen (secondary N) is 1. The fraction of sp³-hybridized carbons (Fsp3) is 0.400. The lowest BCUT2D eigenvalue weighted by Gasteiger charge is -2.29. The van der Waals surface area contributed by atoms with Crippen LogP contribution in [0.1, 0.15) is 32.6 Å². The van der Waals surface area contributed by atoms with Crippen molar-refractivity contribution in [2.75, 3.05) is 20.0 Å². The van der Waals surface area contributed by atoms with Crippen molar-refractivity contribution in [2.24, 2.45) is 5.92 Å².